The predicted molar refractivity (Wildman–Crippen MR) is 164 cm³/mol. The number of aromatic nitrogens is 8. The number of nitrogens with two attached hydrogens (primary N) is 2. The number of halogens is 1. The van der Waals surface area contributed by atoms with Crippen molar-refractivity contribution < 1.29 is 41.4 Å². The van der Waals surface area contributed by atoms with Crippen LogP contribution in [0.25, 0.3) is 22.3 Å². The lowest BCUT2D eigenvalue weighted by Gasteiger charge is -2.23. The van der Waals surface area contributed by atoms with Crippen molar-refractivity contribution in [2.24, 2.45) is 11.8 Å². The van der Waals surface area contributed by atoms with Gasteiger partial charge in [0.2, 0.25) is 5.95 Å². The average Bonchev–Trinajstić information content (AvgIpc) is 3.42. The summed E-state index contributed by atoms with van der Waals surface area (Å²) in [6.07, 6.45) is -1.12. The Morgan fingerprint density at radius 1 is 1.21 bits per heavy atom. The molecule has 0 spiro atoms. The quantitative estimate of drug-likeness (QED) is 0.152. The Labute approximate surface area is 270 Å². The molecule has 2 saturated heterocycles. The van der Waals surface area contributed by atoms with Crippen molar-refractivity contribution in [1.82, 2.24) is 39.0 Å². The number of ether oxygens (including phenoxy) is 2. The molecule has 0 aromatic carbocycles. The number of nitrogens with one attached hydrogen (secondary N) is 1. The fourth-order valence-corrected chi connectivity index (χ4v) is 7.76. The Morgan fingerprint density at radius 3 is 2.70 bits per heavy atom. The molecule has 3 aliphatic rings. The molecule has 3 unspecified atom stereocenters. The number of hydrogen-bond acceptors (Lipinski definition) is 16. The van der Waals surface area contributed by atoms with E-state index in [0.717, 1.165) is 13.5 Å². The van der Waals surface area contributed by atoms with Gasteiger partial charge in [-0.2, -0.15) is 4.98 Å². The van der Waals surface area contributed by atoms with Gasteiger partial charge < -0.3 is 34.9 Å². The molecular formula is C24H30FN10O9P2S+. The van der Waals surface area contributed by atoms with Crippen LogP contribution in [0.3, 0.4) is 0 Å². The monoisotopic (exact) mass is 715 g/mol. The predicted octanol–water partition coefficient (Wildman–Crippen LogP) is 1.61. The van der Waals surface area contributed by atoms with E-state index in [9.17, 15) is 14.3 Å². The van der Waals surface area contributed by atoms with E-state index >= 15 is 4.39 Å². The molecule has 2 aliphatic heterocycles. The van der Waals surface area contributed by atoms with E-state index in [2.05, 4.69) is 29.9 Å². The van der Waals surface area contributed by atoms with Crippen LogP contribution in [0.1, 0.15) is 32.2 Å². The minimum Gasteiger partial charge on any atom is -0.382 e. The van der Waals surface area contributed by atoms with Crippen LogP contribution in [-0.4, -0.2) is 88.2 Å². The van der Waals surface area contributed by atoms with Gasteiger partial charge in [-0.05, 0) is 24.6 Å². The maximum atomic E-state index is 15.9. The molecule has 0 radical (unpaired) electrons. The first-order valence-electron chi connectivity index (χ1n) is 14.4. The highest BCUT2D eigenvalue weighted by Gasteiger charge is 2.68. The maximum Gasteiger partial charge on any atom is 0.698 e. The summed E-state index contributed by atoms with van der Waals surface area (Å²) in [5.41, 5.74) is 11.2. The minimum atomic E-state index is -3.67. The van der Waals surface area contributed by atoms with Gasteiger partial charge in [0.05, 0.1) is 19.3 Å². The van der Waals surface area contributed by atoms with Gasteiger partial charge in [-0.1, -0.05) is 6.92 Å². The van der Waals surface area contributed by atoms with Gasteiger partial charge in [0.1, 0.15) is 36.4 Å². The average molecular weight is 716 g/mol. The lowest BCUT2D eigenvalue weighted by atomic mass is 9.99. The van der Waals surface area contributed by atoms with Crippen LogP contribution in [0.5, 0.6) is 0 Å². The molecule has 23 heteroatoms. The maximum absolute atomic E-state index is 15.9. The molecule has 0 amide bonds. The van der Waals surface area contributed by atoms with E-state index < -0.39 is 63.6 Å². The highest BCUT2D eigenvalue weighted by Crippen LogP contribution is 2.64. The third-order valence-corrected chi connectivity index (χ3v) is 11.2. The zero-order valence-corrected chi connectivity index (χ0v) is 27.4. The van der Waals surface area contributed by atoms with Gasteiger partial charge in [-0.3, -0.25) is 18.9 Å². The Bertz CT molecular complexity index is 1960. The number of rotatable bonds is 12. The Hall–Kier alpha value is -3.10. The lowest BCUT2D eigenvalue weighted by Crippen LogP contribution is -2.31. The van der Waals surface area contributed by atoms with E-state index in [1.807, 2.05) is 6.92 Å². The third kappa shape index (κ3) is 5.73. The zero-order chi connectivity index (χ0) is 33.2. The van der Waals surface area contributed by atoms with Gasteiger partial charge in [0.15, 0.2) is 41.1 Å². The van der Waals surface area contributed by atoms with Crippen LogP contribution in [0, 0.1) is 11.8 Å². The summed E-state index contributed by atoms with van der Waals surface area (Å²) in [5.74, 6) is 0.195. The van der Waals surface area contributed by atoms with Crippen molar-refractivity contribution in [1.29, 1.82) is 0 Å². The molecule has 47 heavy (non-hydrogen) atoms. The number of anilines is 2. The first-order valence-corrected chi connectivity index (χ1v) is 18.1. The van der Waals surface area contributed by atoms with Crippen molar-refractivity contribution in [3.8, 4) is 0 Å². The highest BCUT2D eigenvalue weighted by molar-refractivity contribution is 8.07. The van der Waals surface area contributed by atoms with E-state index in [4.69, 9.17) is 50.8 Å². The van der Waals surface area contributed by atoms with Crippen molar-refractivity contribution in [3.05, 3.63) is 29.3 Å². The molecule has 0 bridgehead atoms. The molecule has 1 aliphatic carbocycles. The van der Waals surface area contributed by atoms with E-state index in [0.29, 0.717) is 17.6 Å². The summed E-state index contributed by atoms with van der Waals surface area (Å²) < 4.78 is 65.8. The van der Waals surface area contributed by atoms with Crippen molar-refractivity contribution in [2.45, 2.75) is 56.2 Å². The van der Waals surface area contributed by atoms with Crippen LogP contribution in [0.4, 0.5) is 16.2 Å². The molecule has 10 atom stereocenters. The Morgan fingerprint density at radius 2 is 1.96 bits per heavy atom. The molecular weight excluding hydrogens is 685 g/mol. The molecule has 19 nitrogen and oxygen atoms in total. The normalized spacial score (nSPS) is 31.7. The van der Waals surface area contributed by atoms with Gasteiger partial charge in [-0.15, -0.1) is 9.05 Å². The summed E-state index contributed by atoms with van der Waals surface area (Å²) in [6, 6.07) is 0. The largest absolute Gasteiger partial charge is 0.698 e. The summed E-state index contributed by atoms with van der Waals surface area (Å²) in [6.45, 7) is -2.26. The zero-order valence-electron chi connectivity index (χ0n) is 24.8. The second kappa shape index (κ2) is 12.1. The minimum absolute atomic E-state index is 0.0336. The molecule has 6 heterocycles. The lowest BCUT2D eigenvalue weighted by molar-refractivity contribution is -0.0707. The fraction of sp³-hybridized carbons (Fsp3) is 0.583. The van der Waals surface area contributed by atoms with Crippen molar-refractivity contribution in [2.75, 3.05) is 31.8 Å². The standard InChI is InChI=1S/C24H29FN10O9P2S/c1-3-10-11-4-24(11,43-21(10)34-8-30-14-17(26)28-7-29-18(14)34)6-40-45(37)44-16-13(25)12(5-41-46(38,47)39-2)42-22(16)35-9-31-15-19(35)32-23(27)33-20(15)36/h7-13,16,21-22H,3-6H2,1-2H3,(H5-,26,27,28,29,32,33,36,38,47)/p+1/t10-,11?,12-,13-,16-,21-,22-,24-,46?/m1/s1. The van der Waals surface area contributed by atoms with Crippen LogP contribution < -0.4 is 17.0 Å². The highest BCUT2D eigenvalue weighted by atomic mass is 32.5. The number of nitrogens with zero attached hydrogens (tertiary/aromatic N) is 7. The molecule has 7 rings (SSSR count). The first kappa shape index (κ1) is 32.4. The van der Waals surface area contributed by atoms with Crippen LogP contribution in [0.15, 0.2) is 23.8 Å². The molecule has 4 aromatic rings. The summed E-state index contributed by atoms with van der Waals surface area (Å²) in [4.78, 5) is 45.5. The number of nitrogen functional groups attached to an aromatic ring is 2. The van der Waals surface area contributed by atoms with E-state index in [1.54, 1.807) is 10.9 Å². The van der Waals surface area contributed by atoms with E-state index in [1.165, 1.54) is 17.2 Å². The van der Waals surface area contributed by atoms with Gasteiger partial charge >= 0.3 is 15.0 Å². The fourth-order valence-electron chi connectivity index (χ4n) is 6.33. The summed E-state index contributed by atoms with van der Waals surface area (Å²) in [7, 11) is -1.79. The molecule has 6 N–H and O–H groups in total. The molecule has 1 saturated carbocycles. The SMILES string of the molecule is CC[C@@H]1C2C[C@]2(CO[P+](=O)O[C@@H]2[C@H](F)[C@@H](COP(O)(=S)OC)O[C@H]2n2cnc3c(=O)[nH]c(N)nc32)O[C@H]1n1cnc2c(N)ncnc21. The number of aromatic amines is 1. The second-order valence-corrected chi connectivity index (χ2v) is 15.2. The van der Waals surface area contributed by atoms with Gasteiger partial charge in [0, 0.05) is 23.5 Å². The summed E-state index contributed by atoms with van der Waals surface area (Å²) in [5, 5.41) is 0. The number of fused-ring (bicyclic) bond motifs is 3. The number of H-pyrrole nitrogens is 1. The smallest absolute Gasteiger partial charge is 0.382 e. The second-order valence-electron chi connectivity index (χ2n) is 11.3. The van der Waals surface area contributed by atoms with Gasteiger partial charge in [-0.25, -0.2) is 24.3 Å². The van der Waals surface area contributed by atoms with Crippen molar-refractivity contribution >= 4 is 60.9 Å². The van der Waals surface area contributed by atoms with Crippen LogP contribution >= 0.6 is 15.0 Å². The van der Waals surface area contributed by atoms with E-state index in [-0.39, 0.29) is 41.4 Å². The molecule has 252 valence electrons. The summed E-state index contributed by atoms with van der Waals surface area (Å²) >= 11 is 4.84. The molecule has 4 aromatic heterocycles. The third-order valence-electron chi connectivity index (χ3n) is 8.70. The van der Waals surface area contributed by atoms with Crippen LogP contribution in [0.2, 0.25) is 0 Å². The number of hydrogen-bond donors (Lipinski definition) is 4. The number of alkyl halides is 1. The first-order chi connectivity index (χ1) is 22.4. The topological polar surface area (TPSA) is 252 Å². The van der Waals surface area contributed by atoms with Crippen molar-refractivity contribution in [3.63, 3.8) is 0 Å². The number of imidazole rings is 2. The molecule has 3 fully saturated rings. The van der Waals surface area contributed by atoms with Crippen LogP contribution in [-0.2, 0) is 43.9 Å². The van der Waals surface area contributed by atoms with Gasteiger partial charge in [0.25, 0.3) is 5.56 Å². The Kier molecular flexibility index (Phi) is 8.35. The Balaban J connectivity index is 1.08.